The van der Waals surface area contributed by atoms with E-state index in [2.05, 4.69) is 26.2 Å². The number of pyridine rings is 1. The van der Waals surface area contributed by atoms with Gasteiger partial charge < -0.3 is 5.32 Å². The molecule has 2 rings (SSSR count). The maximum absolute atomic E-state index is 11.8. The Bertz CT molecular complexity index is 525. The molecule has 0 bridgehead atoms. The summed E-state index contributed by atoms with van der Waals surface area (Å²) in [6.07, 6.45) is 0.299. The molecule has 1 N–H and O–H groups in total. The van der Waals surface area contributed by atoms with Gasteiger partial charge in [-0.2, -0.15) is 0 Å². The zero-order valence-electron chi connectivity index (χ0n) is 9.36. The normalized spacial score (nSPS) is 10.1. The van der Waals surface area contributed by atoms with Crippen molar-refractivity contribution >= 4 is 39.3 Å². The predicted octanol–water partition coefficient (Wildman–Crippen LogP) is 3.68. The van der Waals surface area contributed by atoms with E-state index in [0.717, 1.165) is 10.0 Å². The van der Waals surface area contributed by atoms with E-state index in [0.29, 0.717) is 17.4 Å². The topological polar surface area (TPSA) is 42.0 Å². The number of hydrogen-bond donors (Lipinski definition) is 1. The molecule has 0 fully saturated rings. The van der Waals surface area contributed by atoms with Crippen LogP contribution in [0.4, 0.5) is 5.82 Å². The number of aromatic nitrogens is 1. The lowest BCUT2D eigenvalue weighted by molar-refractivity contribution is -0.115. The fourth-order valence-electron chi connectivity index (χ4n) is 1.50. The summed E-state index contributed by atoms with van der Waals surface area (Å²) in [7, 11) is 0. The molecule has 0 atom stereocenters. The van der Waals surface area contributed by atoms with Gasteiger partial charge in [0, 0.05) is 4.47 Å². The Morgan fingerprint density at radius 3 is 2.78 bits per heavy atom. The van der Waals surface area contributed by atoms with Crippen molar-refractivity contribution in [2.75, 3.05) is 5.32 Å². The summed E-state index contributed by atoms with van der Waals surface area (Å²) in [5, 5.41) is 3.06. The van der Waals surface area contributed by atoms with Crippen molar-refractivity contribution in [3.63, 3.8) is 0 Å². The van der Waals surface area contributed by atoms with E-state index in [1.54, 1.807) is 18.2 Å². The van der Waals surface area contributed by atoms with Gasteiger partial charge in [-0.25, -0.2) is 4.98 Å². The van der Waals surface area contributed by atoms with Gasteiger partial charge >= 0.3 is 0 Å². The lowest BCUT2D eigenvalue weighted by Gasteiger charge is -2.05. The van der Waals surface area contributed by atoms with E-state index < -0.39 is 0 Å². The molecular weight excluding hydrogens is 316 g/mol. The quantitative estimate of drug-likeness (QED) is 0.875. The number of rotatable bonds is 3. The summed E-state index contributed by atoms with van der Waals surface area (Å²) in [5.74, 6) is 0.338. The van der Waals surface area contributed by atoms with Gasteiger partial charge in [-0.15, -0.1) is 0 Å². The maximum atomic E-state index is 11.8. The van der Waals surface area contributed by atoms with Crippen LogP contribution in [0, 0.1) is 0 Å². The van der Waals surface area contributed by atoms with Crippen molar-refractivity contribution in [2.45, 2.75) is 6.42 Å². The van der Waals surface area contributed by atoms with Crippen LogP contribution in [0.3, 0.4) is 0 Å². The van der Waals surface area contributed by atoms with E-state index >= 15 is 0 Å². The number of amides is 1. The summed E-state index contributed by atoms with van der Waals surface area (Å²) in [6, 6.07) is 12.7. The number of benzene rings is 1. The second-order valence-corrected chi connectivity index (χ2v) is 5.00. The minimum absolute atomic E-state index is 0.122. The van der Waals surface area contributed by atoms with Gasteiger partial charge in [-0.1, -0.05) is 45.7 Å². The van der Waals surface area contributed by atoms with Crippen LogP contribution in [0.15, 0.2) is 46.9 Å². The first kappa shape index (κ1) is 13.1. The molecule has 0 saturated heterocycles. The zero-order chi connectivity index (χ0) is 13.0. The van der Waals surface area contributed by atoms with Crippen molar-refractivity contribution in [3.05, 3.63) is 57.7 Å². The standard InChI is InChI=1S/C13H10BrClN2O/c14-10-4-1-3-9(7-10)8-13(18)17-12-6-2-5-11(15)16-12/h1-7H,8H2,(H,16,17,18). The van der Waals surface area contributed by atoms with Crippen molar-refractivity contribution in [1.82, 2.24) is 4.98 Å². The van der Waals surface area contributed by atoms with Crippen LogP contribution < -0.4 is 5.32 Å². The number of hydrogen-bond acceptors (Lipinski definition) is 2. The van der Waals surface area contributed by atoms with Crippen molar-refractivity contribution in [1.29, 1.82) is 0 Å². The molecular formula is C13H10BrClN2O. The Kier molecular flexibility index (Phi) is 4.33. The van der Waals surface area contributed by atoms with Crippen LogP contribution in [0.1, 0.15) is 5.56 Å². The number of anilines is 1. The van der Waals surface area contributed by atoms with Crippen LogP contribution in [0.25, 0.3) is 0 Å². The molecule has 92 valence electrons. The first-order valence-electron chi connectivity index (χ1n) is 5.30. The summed E-state index contributed by atoms with van der Waals surface area (Å²) in [4.78, 5) is 15.8. The fraction of sp³-hybridized carbons (Fsp3) is 0.0769. The Balaban J connectivity index is 2.01. The second kappa shape index (κ2) is 5.98. The van der Waals surface area contributed by atoms with Crippen LogP contribution >= 0.6 is 27.5 Å². The molecule has 18 heavy (non-hydrogen) atoms. The molecule has 0 radical (unpaired) electrons. The molecule has 0 saturated carbocycles. The molecule has 1 aromatic heterocycles. The largest absolute Gasteiger partial charge is 0.310 e. The van der Waals surface area contributed by atoms with Gasteiger partial charge in [-0.05, 0) is 29.8 Å². The van der Waals surface area contributed by atoms with E-state index in [-0.39, 0.29) is 5.91 Å². The number of carbonyl (C=O) groups is 1. The minimum Gasteiger partial charge on any atom is -0.310 e. The van der Waals surface area contributed by atoms with Crippen molar-refractivity contribution in [2.24, 2.45) is 0 Å². The highest BCUT2D eigenvalue weighted by atomic mass is 79.9. The molecule has 2 aromatic rings. The molecule has 0 spiro atoms. The van der Waals surface area contributed by atoms with Gasteiger partial charge in [0.1, 0.15) is 11.0 Å². The Labute approximate surface area is 118 Å². The average Bonchev–Trinajstić information content (AvgIpc) is 2.28. The van der Waals surface area contributed by atoms with Gasteiger partial charge in [0.15, 0.2) is 0 Å². The number of nitrogens with one attached hydrogen (secondary N) is 1. The zero-order valence-corrected chi connectivity index (χ0v) is 11.7. The van der Waals surface area contributed by atoms with Crippen molar-refractivity contribution in [3.8, 4) is 0 Å². The monoisotopic (exact) mass is 324 g/mol. The molecule has 1 heterocycles. The average molecular weight is 326 g/mol. The minimum atomic E-state index is -0.122. The van der Waals surface area contributed by atoms with Crippen LogP contribution in [-0.4, -0.2) is 10.9 Å². The van der Waals surface area contributed by atoms with Crippen LogP contribution in [0.5, 0.6) is 0 Å². The van der Waals surface area contributed by atoms with Crippen molar-refractivity contribution < 1.29 is 4.79 Å². The highest BCUT2D eigenvalue weighted by Crippen LogP contribution is 2.13. The number of halogens is 2. The Morgan fingerprint density at radius 2 is 2.06 bits per heavy atom. The number of nitrogens with zero attached hydrogens (tertiary/aromatic N) is 1. The summed E-state index contributed by atoms with van der Waals surface area (Å²) >= 11 is 9.11. The molecule has 1 aromatic carbocycles. The van der Waals surface area contributed by atoms with Crippen LogP contribution in [0.2, 0.25) is 5.15 Å². The van der Waals surface area contributed by atoms with E-state index in [9.17, 15) is 4.79 Å². The van der Waals surface area contributed by atoms with E-state index in [4.69, 9.17) is 11.6 Å². The van der Waals surface area contributed by atoms with Crippen LogP contribution in [-0.2, 0) is 11.2 Å². The lowest BCUT2D eigenvalue weighted by atomic mass is 10.1. The Morgan fingerprint density at radius 1 is 1.28 bits per heavy atom. The predicted molar refractivity (Wildman–Crippen MR) is 75.7 cm³/mol. The lowest BCUT2D eigenvalue weighted by Crippen LogP contribution is -2.15. The third-order valence-electron chi connectivity index (χ3n) is 2.24. The third kappa shape index (κ3) is 3.82. The number of carbonyl (C=O) groups excluding carboxylic acids is 1. The molecule has 0 unspecified atom stereocenters. The Hall–Kier alpha value is -1.39. The second-order valence-electron chi connectivity index (χ2n) is 3.70. The molecule has 0 aliphatic heterocycles. The van der Waals surface area contributed by atoms with Gasteiger partial charge in [0.2, 0.25) is 5.91 Å². The van der Waals surface area contributed by atoms with E-state index in [1.165, 1.54) is 0 Å². The highest BCUT2D eigenvalue weighted by Gasteiger charge is 2.05. The fourth-order valence-corrected chi connectivity index (χ4v) is 2.11. The van der Waals surface area contributed by atoms with E-state index in [1.807, 2.05) is 24.3 Å². The van der Waals surface area contributed by atoms with Gasteiger partial charge in [-0.3, -0.25) is 4.79 Å². The third-order valence-corrected chi connectivity index (χ3v) is 2.94. The molecule has 3 nitrogen and oxygen atoms in total. The first-order valence-corrected chi connectivity index (χ1v) is 6.47. The van der Waals surface area contributed by atoms with Gasteiger partial charge in [0.25, 0.3) is 0 Å². The first-order chi connectivity index (χ1) is 8.63. The summed E-state index contributed by atoms with van der Waals surface area (Å²) in [5.41, 5.74) is 0.934. The summed E-state index contributed by atoms with van der Waals surface area (Å²) in [6.45, 7) is 0. The molecule has 1 amide bonds. The molecule has 0 aliphatic carbocycles. The molecule has 0 aliphatic rings. The SMILES string of the molecule is O=C(Cc1cccc(Br)c1)Nc1cccc(Cl)n1. The maximum Gasteiger partial charge on any atom is 0.229 e. The smallest absolute Gasteiger partial charge is 0.229 e. The highest BCUT2D eigenvalue weighted by molar-refractivity contribution is 9.10. The summed E-state index contributed by atoms with van der Waals surface area (Å²) < 4.78 is 0.952. The molecule has 5 heteroatoms. The van der Waals surface area contributed by atoms with Gasteiger partial charge in [0.05, 0.1) is 6.42 Å².